The van der Waals surface area contributed by atoms with Crippen molar-refractivity contribution in [3.05, 3.63) is 52.8 Å². The summed E-state index contributed by atoms with van der Waals surface area (Å²) in [7, 11) is 0. The topological polar surface area (TPSA) is 62.7 Å². The number of likely N-dealkylation sites (tertiary alicyclic amines) is 1. The number of fused-ring (bicyclic) bond motifs is 1. The number of carbonyl (C=O) groups excluding carboxylic acids is 2. The maximum atomic E-state index is 13.9. The van der Waals surface area contributed by atoms with Crippen LogP contribution < -0.4 is 9.64 Å². The Hall–Kier alpha value is -2.52. The van der Waals surface area contributed by atoms with Crippen LogP contribution in [0.2, 0.25) is 0 Å². The Labute approximate surface area is 197 Å². The van der Waals surface area contributed by atoms with Gasteiger partial charge in [-0.25, -0.2) is 4.39 Å². The Morgan fingerprint density at radius 1 is 1.19 bits per heavy atom. The lowest BCUT2D eigenvalue weighted by molar-refractivity contribution is -0.137. The number of amides is 2. The van der Waals surface area contributed by atoms with Crippen molar-refractivity contribution in [2.45, 2.75) is 25.4 Å². The number of piperidine rings is 1. The molecule has 2 aliphatic heterocycles. The molecule has 1 unspecified atom stereocenters. The fourth-order valence-electron chi connectivity index (χ4n) is 4.31. The van der Waals surface area contributed by atoms with E-state index in [-0.39, 0.29) is 36.1 Å². The predicted octanol–water partition coefficient (Wildman–Crippen LogP) is 4.62. The van der Waals surface area contributed by atoms with Gasteiger partial charge in [-0.1, -0.05) is 39.4 Å². The molecule has 1 aromatic heterocycles. The number of ether oxygens (including phenoxy) is 1. The minimum absolute atomic E-state index is 0.0244. The van der Waals surface area contributed by atoms with E-state index < -0.39 is 0 Å². The summed E-state index contributed by atoms with van der Waals surface area (Å²) in [5, 5.41) is 0.459. The zero-order valence-corrected chi connectivity index (χ0v) is 19.6. The lowest BCUT2D eigenvalue weighted by Gasteiger charge is -2.33. The van der Waals surface area contributed by atoms with Gasteiger partial charge in [0, 0.05) is 49.1 Å². The molecular formula is C23H21BrFN3O3S. The highest BCUT2D eigenvalue weighted by molar-refractivity contribution is 9.10. The molecule has 2 fully saturated rings. The van der Waals surface area contributed by atoms with E-state index in [0.717, 1.165) is 14.9 Å². The predicted molar refractivity (Wildman–Crippen MR) is 124 cm³/mol. The largest absolute Gasteiger partial charge is 0.467 e. The number of aromatic nitrogens is 1. The van der Waals surface area contributed by atoms with Gasteiger partial charge in [0.05, 0.1) is 10.6 Å². The van der Waals surface area contributed by atoms with Gasteiger partial charge in [0.2, 0.25) is 11.8 Å². The van der Waals surface area contributed by atoms with E-state index in [2.05, 4.69) is 20.9 Å². The second kappa shape index (κ2) is 8.78. The van der Waals surface area contributed by atoms with Gasteiger partial charge in [-0.05, 0) is 30.3 Å². The molecule has 0 radical (unpaired) electrons. The number of hydrogen-bond donors (Lipinski definition) is 0. The number of anilines is 1. The number of nitrogens with zero attached hydrogens (tertiary/aromatic N) is 3. The number of thiazole rings is 1. The second-order valence-corrected chi connectivity index (χ2v) is 10.0. The van der Waals surface area contributed by atoms with E-state index in [0.29, 0.717) is 43.2 Å². The van der Waals surface area contributed by atoms with Crippen molar-refractivity contribution >= 4 is 55.0 Å². The molecule has 2 aliphatic rings. The molecule has 166 valence electrons. The first-order chi connectivity index (χ1) is 15.5. The summed E-state index contributed by atoms with van der Waals surface area (Å²) in [5.74, 6) is -0.678. The average Bonchev–Trinajstić information content (AvgIpc) is 3.38. The Bertz CT molecular complexity index is 1180. The normalized spacial score (nSPS) is 19.7. The molecule has 2 aromatic carbocycles. The molecule has 0 aliphatic carbocycles. The van der Waals surface area contributed by atoms with Crippen LogP contribution in [0.4, 0.5) is 10.1 Å². The number of hydrogen-bond acceptors (Lipinski definition) is 5. The lowest BCUT2D eigenvalue weighted by Crippen LogP contribution is -2.44. The van der Waals surface area contributed by atoms with Gasteiger partial charge in [0.1, 0.15) is 17.4 Å². The molecule has 0 saturated carbocycles. The van der Waals surface area contributed by atoms with E-state index in [4.69, 9.17) is 4.74 Å². The van der Waals surface area contributed by atoms with E-state index in [1.807, 2.05) is 35.2 Å². The number of benzene rings is 2. The molecule has 32 heavy (non-hydrogen) atoms. The molecule has 5 rings (SSSR count). The van der Waals surface area contributed by atoms with Crippen LogP contribution in [0.3, 0.4) is 0 Å². The monoisotopic (exact) mass is 517 g/mol. The van der Waals surface area contributed by atoms with Crippen molar-refractivity contribution in [2.75, 3.05) is 24.5 Å². The van der Waals surface area contributed by atoms with Crippen molar-refractivity contribution in [2.24, 2.45) is 5.92 Å². The van der Waals surface area contributed by atoms with Crippen molar-refractivity contribution in [1.29, 1.82) is 0 Å². The molecule has 6 nitrogen and oxygen atoms in total. The van der Waals surface area contributed by atoms with E-state index in [1.54, 1.807) is 11.0 Å². The maximum absolute atomic E-state index is 13.9. The van der Waals surface area contributed by atoms with Crippen LogP contribution in [-0.2, 0) is 9.59 Å². The Morgan fingerprint density at radius 3 is 2.72 bits per heavy atom. The number of carbonyl (C=O) groups is 2. The number of para-hydroxylation sites is 1. The third kappa shape index (κ3) is 4.23. The van der Waals surface area contributed by atoms with Crippen LogP contribution in [0, 0.1) is 11.7 Å². The van der Waals surface area contributed by atoms with Crippen LogP contribution >= 0.6 is 27.3 Å². The highest BCUT2D eigenvalue weighted by Gasteiger charge is 2.38. The van der Waals surface area contributed by atoms with Gasteiger partial charge in [-0.15, -0.1) is 0 Å². The summed E-state index contributed by atoms with van der Waals surface area (Å²) < 4.78 is 21.5. The quantitative estimate of drug-likeness (QED) is 0.506. The van der Waals surface area contributed by atoms with Gasteiger partial charge in [0.15, 0.2) is 0 Å². The highest BCUT2D eigenvalue weighted by atomic mass is 79.9. The average molecular weight is 518 g/mol. The van der Waals surface area contributed by atoms with E-state index >= 15 is 0 Å². The summed E-state index contributed by atoms with van der Waals surface area (Å²) in [6, 6.07) is 12.4. The Balaban J connectivity index is 1.17. The fourth-order valence-corrected chi connectivity index (χ4v) is 5.59. The van der Waals surface area contributed by atoms with Crippen LogP contribution in [0.1, 0.15) is 19.3 Å². The molecule has 3 heterocycles. The zero-order valence-electron chi connectivity index (χ0n) is 17.2. The van der Waals surface area contributed by atoms with Crippen LogP contribution in [0.25, 0.3) is 10.2 Å². The smallest absolute Gasteiger partial charge is 0.274 e. The Kier molecular flexibility index (Phi) is 5.86. The minimum atomic E-state index is -0.350. The van der Waals surface area contributed by atoms with Gasteiger partial charge < -0.3 is 14.5 Å². The zero-order chi connectivity index (χ0) is 22.2. The molecule has 9 heteroatoms. The van der Waals surface area contributed by atoms with E-state index in [1.165, 1.54) is 17.4 Å². The maximum Gasteiger partial charge on any atom is 0.274 e. The molecule has 2 saturated heterocycles. The van der Waals surface area contributed by atoms with Crippen molar-refractivity contribution < 1.29 is 18.7 Å². The van der Waals surface area contributed by atoms with Crippen molar-refractivity contribution in [3.8, 4) is 5.19 Å². The fraction of sp³-hybridized carbons (Fsp3) is 0.348. The first-order valence-electron chi connectivity index (χ1n) is 10.5. The molecule has 0 spiro atoms. The van der Waals surface area contributed by atoms with Crippen LogP contribution in [-0.4, -0.2) is 47.4 Å². The molecule has 1 atom stereocenters. The molecule has 2 amide bonds. The number of rotatable bonds is 4. The Morgan fingerprint density at radius 2 is 1.97 bits per heavy atom. The van der Waals surface area contributed by atoms with Gasteiger partial charge >= 0.3 is 0 Å². The van der Waals surface area contributed by atoms with Gasteiger partial charge in [-0.2, -0.15) is 4.98 Å². The summed E-state index contributed by atoms with van der Waals surface area (Å²) in [6.07, 6.45) is 1.53. The van der Waals surface area contributed by atoms with Crippen molar-refractivity contribution in [3.63, 3.8) is 0 Å². The number of halogens is 2. The molecule has 0 bridgehead atoms. The third-order valence-electron chi connectivity index (χ3n) is 5.97. The minimum Gasteiger partial charge on any atom is -0.467 e. The molecular weight excluding hydrogens is 497 g/mol. The highest BCUT2D eigenvalue weighted by Crippen LogP contribution is 2.32. The summed E-state index contributed by atoms with van der Waals surface area (Å²) in [5.41, 5.74) is 1.14. The van der Waals surface area contributed by atoms with Crippen molar-refractivity contribution in [1.82, 2.24) is 9.88 Å². The second-order valence-electron chi connectivity index (χ2n) is 8.09. The summed E-state index contributed by atoms with van der Waals surface area (Å²) in [4.78, 5) is 33.4. The molecule has 3 aromatic rings. The molecule has 0 N–H and O–H groups in total. The van der Waals surface area contributed by atoms with Crippen LogP contribution in [0.15, 0.2) is 46.9 Å². The van der Waals surface area contributed by atoms with Crippen LogP contribution in [0.5, 0.6) is 5.19 Å². The summed E-state index contributed by atoms with van der Waals surface area (Å²) >= 11 is 4.76. The van der Waals surface area contributed by atoms with E-state index in [9.17, 15) is 14.0 Å². The first kappa shape index (κ1) is 21.3. The lowest BCUT2D eigenvalue weighted by atomic mass is 10.0. The first-order valence-corrected chi connectivity index (χ1v) is 12.2. The standard InChI is InChI=1S/C23H21BrFN3O3S/c24-15-3-1-4-16(12-15)28-13-14(11-20(28)29)22(30)27-9-7-17(8-10-27)31-23-26-21-18(25)5-2-6-19(21)32-23/h1-6,12,14,17H,7-11,13H2. The van der Waals surface area contributed by atoms with Gasteiger partial charge in [0.25, 0.3) is 5.19 Å². The summed E-state index contributed by atoms with van der Waals surface area (Å²) in [6.45, 7) is 1.55. The SMILES string of the molecule is O=C(C1CC(=O)N(c2cccc(Br)c2)C1)N1CCC(Oc2nc3c(F)cccc3s2)CC1. The van der Waals surface area contributed by atoms with Gasteiger partial charge in [-0.3, -0.25) is 9.59 Å². The third-order valence-corrected chi connectivity index (χ3v) is 7.37.